The number of hydrogen-bond acceptors (Lipinski definition) is 2. The molecule has 0 fully saturated rings. The second-order valence-corrected chi connectivity index (χ2v) is 6.86. The molecule has 8 heteroatoms. The maximum Gasteiger partial charge on any atom is 0.673 e. The van der Waals surface area contributed by atoms with Crippen LogP contribution >= 0.6 is 0 Å². The molecule has 0 amide bonds. The average molecular weight is 418 g/mol. The van der Waals surface area contributed by atoms with Crippen LogP contribution in [-0.2, 0) is 0 Å². The van der Waals surface area contributed by atoms with Crippen molar-refractivity contribution in [1.29, 1.82) is 10.5 Å². The Kier molecular flexibility index (Phi) is 6.86. The molecule has 0 N–H and O–H groups in total. The van der Waals surface area contributed by atoms with Gasteiger partial charge < -0.3 is 17.3 Å². The third kappa shape index (κ3) is 7.65. The lowest BCUT2D eigenvalue weighted by Crippen LogP contribution is -3.61. The highest BCUT2D eigenvalue weighted by atomic mass is 127. The van der Waals surface area contributed by atoms with Crippen LogP contribution in [0.5, 0.6) is 0 Å². The fourth-order valence-corrected chi connectivity index (χ4v) is 3.46. The maximum absolute atomic E-state index is 9.75. The number of halogens is 5. The molecule has 2 rings (SSSR count). The van der Waals surface area contributed by atoms with Crippen LogP contribution in [0.15, 0.2) is 48.5 Å². The minimum absolute atomic E-state index is 0.226. The van der Waals surface area contributed by atoms with Gasteiger partial charge in [0.1, 0.15) is 0 Å². The van der Waals surface area contributed by atoms with E-state index in [2.05, 4.69) is 12.1 Å². The van der Waals surface area contributed by atoms with Crippen molar-refractivity contribution in [2.24, 2.45) is 0 Å². The van der Waals surface area contributed by atoms with Crippen molar-refractivity contribution >= 4 is 7.25 Å². The average Bonchev–Trinajstić information content (AvgIpc) is 2.47. The first-order valence-corrected chi connectivity index (χ1v) is 8.00. The van der Waals surface area contributed by atoms with Crippen molar-refractivity contribution < 1.29 is 38.5 Å². The van der Waals surface area contributed by atoms with Gasteiger partial charge in [0, 0.05) is 0 Å². The molecular formula is C14H8BF4IN2. The van der Waals surface area contributed by atoms with E-state index in [0.717, 1.165) is 0 Å². The molecule has 0 aromatic heterocycles. The molecule has 0 radical (unpaired) electrons. The van der Waals surface area contributed by atoms with Gasteiger partial charge in [0.15, 0.2) is 7.14 Å². The summed E-state index contributed by atoms with van der Waals surface area (Å²) in [5.41, 5.74) is 1.38. The van der Waals surface area contributed by atoms with E-state index < -0.39 is 7.25 Å². The summed E-state index contributed by atoms with van der Waals surface area (Å²) >= 11 is -0.226. The monoisotopic (exact) mass is 418 g/mol. The molecule has 0 aliphatic carbocycles. The molecule has 112 valence electrons. The van der Waals surface area contributed by atoms with E-state index in [1.165, 1.54) is 7.14 Å². The van der Waals surface area contributed by atoms with Crippen LogP contribution in [0, 0.1) is 29.8 Å². The van der Waals surface area contributed by atoms with Crippen LogP contribution in [0.2, 0.25) is 0 Å². The number of rotatable bonds is 2. The fourth-order valence-electron chi connectivity index (χ4n) is 1.30. The van der Waals surface area contributed by atoms with Crippen molar-refractivity contribution in [1.82, 2.24) is 0 Å². The summed E-state index contributed by atoms with van der Waals surface area (Å²) < 4.78 is 41.5. The Morgan fingerprint density at radius 2 is 0.955 bits per heavy atom. The topological polar surface area (TPSA) is 47.6 Å². The predicted octanol–water partition coefficient (Wildman–Crippen LogP) is 0.858. The lowest BCUT2D eigenvalue weighted by atomic mass is 10.2. The Labute approximate surface area is 135 Å². The summed E-state index contributed by atoms with van der Waals surface area (Å²) in [4.78, 5) is 0. The van der Waals surface area contributed by atoms with Gasteiger partial charge in [-0.15, -0.1) is 0 Å². The standard InChI is InChI=1S/C14H8IN2.BF4/c16-9-11-1-5-13(6-2-11)15-14-7-3-12(10-17)4-8-14;2-1(3,4)5/h1-8H;/q+1;-1. The van der Waals surface area contributed by atoms with Crippen LogP contribution in [0.1, 0.15) is 11.1 Å². The zero-order valence-electron chi connectivity index (χ0n) is 11.0. The van der Waals surface area contributed by atoms with Crippen LogP contribution < -0.4 is 21.2 Å². The molecule has 2 nitrogen and oxygen atoms in total. The molecule has 2 aromatic carbocycles. The quantitative estimate of drug-likeness (QED) is 0.413. The van der Waals surface area contributed by atoms with Gasteiger partial charge >= 0.3 is 28.5 Å². The van der Waals surface area contributed by atoms with Crippen molar-refractivity contribution in [2.45, 2.75) is 0 Å². The van der Waals surface area contributed by atoms with Crippen LogP contribution in [0.4, 0.5) is 17.3 Å². The molecule has 0 unspecified atom stereocenters. The second kappa shape index (κ2) is 8.40. The molecular weight excluding hydrogens is 410 g/mol. The molecule has 0 saturated heterocycles. The van der Waals surface area contributed by atoms with E-state index >= 15 is 0 Å². The molecule has 2 aromatic rings. The summed E-state index contributed by atoms with van der Waals surface area (Å²) in [6.07, 6.45) is 0. The Balaban J connectivity index is 0.000000422. The number of benzene rings is 2. The van der Waals surface area contributed by atoms with Crippen LogP contribution in [0.25, 0.3) is 0 Å². The van der Waals surface area contributed by atoms with Gasteiger partial charge in [0.25, 0.3) is 0 Å². The third-order valence-electron chi connectivity index (χ3n) is 2.16. The maximum atomic E-state index is 9.75. The van der Waals surface area contributed by atoms with E-state index in [9.17, 15) is 17.3 Å². The highest BCUT2D eigenvalue weighted by Gasteiger charge is 2.20. The summed E-state index contributed by atoms with van der Waals surface area (Å²) in [5.74, 6) is 0. The Hall–Kier alpha value is -2.07. The van der Waals surface area contributed by atoms with E-state index in [-0.39, 0.29) is 21.2 Å². The molecule has 22 heavy (non-hydrogen) atoms. The van der Waals surface area contributed by atoms with Gasteiger partial charge in [0.05, 0.1) is 23.3 Å². The highest BCUT2D eigenvalue weighted by Crippen LogP contribution is 2.06. The van der Waals surface area contributed by atoms with Crippen LogP contribution in [-0.4, -0.2) is 7.25 Å². The fraction of sp³-hybridized carbons (Fsp3) is 0. The van der Waals surface area contributed by atoms with Crippen molar-refractivity contribution in [3.8, 4) is 12.1 Å². The van der Waals surface area contributed by atoms with Crippen molar-refractivity contribution in [2.75, 3.05) is 0 Å². The second-order valence-electron chi connectivity index (χ2n) is 3.83. The smallest absolute Gasteiger partial charge is 0.418 e. The first-order valence-electron chi connectivity index (χ1n) is 5.84. The summed E-state index contributed by atoms with van der Waals surface area (Å²) in [6, 6.07) is 19.6. The normalized spacial score (nSPS) is 9.91. The summed E-state index contributed by atoms with van der Waals surface area (Å²) in [7, 11) is -6.00. The van der Waals surface area contributed by atoms with Gasteiger partial charge in [-0.3, -0.25) is 0 Å². The predicted molar refractivity (Wildman–Crippen MR) is 69.9 cm³/mol. The highest BCUT2D eigenvalue weighted by molar-refractivity contribution is 6.50. The van der Waals surface area contributed by atoms with Gasteiger partial charge in [-0.05, 0) is 48.5 Å². The summed E-state index contributed by atoms with van der Waals surface area (Å²) in [5, 5.41) is 17.4. The Morgan fingerprint density at radius 1 is 0.682 bits per heavy atom. The summed E-state index contributed by atoms with van der Waals surface area (Å²) in [6.45, 7) is 0. The van der Waals surface area contributed by atoms with Gasteiger partial charge in [0.2, 0.25) is 0 Å². The van der Waals surface area contributed by atoms with Gasteiger partial charge in [-0.2, -0.15) is 10.5 Å². The molecule has 0 aliphatic rings. The largest absolute Gasteiger partial charge is 0.673 e. The van der Waals surface area contributed by atoms with E-state index in [4.69, 9.17) is 10.5 Å². The van der Waals surface area contributed by atoms with Crippen molar-refractivity contribution in [3.05, 3.63) is 66.8 Å². The molecule has 0 bridgehead atoms. The lowest BCUT2D eigenvalue weighted by molar-refractivity contribution is -0.597. The Bertz CT molecular complexity index is 624. The number of nitriles is 2. The van der Waals surface area contributed by atoms with Gasteiger partial charge in [-0.1, -0.05) is 0 Å². The zero-order valence-corrected chi connectivity index (χ0v) is 13.1. The van der Waals surface area contributed by atoms with Gasteiger partial charge in [-0.25, -0.2) is 0 Å². The first-order chi connectivity index (χ1) is 10.3. The first kappa shape index (κ1) is 18.0. The van der Waals surface area contributed by atoms with Crippen LogP contribution in [0.3, 0.4) is 0 Å². The number of nitrogens with zero attached hydrogens (tertiary/aromatic N) is 2. The molecule has 0 spiro atoms. The van der Waals surface area contributed by atoms with E-state index in [1.807, 2.05) is 48.5 Å². The SMILES string of the molecule is F[B-](F)(F)F.N#Cc1ccc([I+]c2ccc(C#N)cc2)cc1. The minimum Gasteiger partial charge on any atom is -0.418 e. The Morgan fingerprint density at radius 3 is 1.18 bits per heavy atom. The minimum atomic E-state index is -6.00. The molecule has 0 heterocycles. The lowest BCUT2D eigenvalue weighted by Gasteiger charge is -1.94. The van der Waals surface area contributed by atoms with E-state index in [0.29, 0.717) is 11.1 Å². The molecule has 0 saturated carbocycles. The van der Waals surface area contributed by atoms with Crippen molar-refractivity contribution in [3.63, 3.8) is 0 Å². The molecule has 0 atom stereocenters. The number of hydrogen-bond donors (Lipinski definition) is 0. The van der Waals surface area contributed by atoms with E-state index in [1.54, 1.807) is 0 Å². The third-order valence-corrected chi connectivity index (χ3v) is 4.85. The molecule has 0 aliphatic heterocycles. The zero-order chi connectivity index (χ0) is 16.6.